The third-order valence-corrected chi connectivity index (χ3v) is 0.651. The molecule has 0 spiro atoms. The van der Waals surface area contributed by atoms with Gasteiger partial charge in [0, 0.05) is 19.8 Å². The van der Waals surface area contributed by atoms with Gasteiger partial charge in [-0.25, -0.2) is 0 Å². The van der Waals surface area contributed by atoms with Crippen LogP contribution in [0.15, 0.2) is 0 Å². The van der Waals surface area contributed by atoms with Crippen LogP contribution in [0.2, 0.25) is 0 Å². The predicted octanol–water partition coefficient (Wildman–Crippen LogP) is 1.43. The van der Waals surface area contributed by atoms with Gasteiger partial charge in [0.2, 0.25) is 0 Å². The third-order valence-electron chi connectivity index (χ3n) is 0.651. The maximum absolute atomic E-state index is 8.21. The van der Waals surface area contributed by atoms with E-state index in [1.807, 2.05) is 20.8 Å². The summed E-state index contributed by atoms with van der Waals surface area (Å²) in [6.45, 7) is 7.62. The topological polar surface area (TPSA) is 29.5 Å². The zero-order valence-electron chi connectivity index (χ0n) is 6.68. The summed E-state index contributed by atoms with van der Waals surface area (Å²) >= 11 is 0. The van der Waals surface area contributed by atoms with Gasteiger partial charge in [0.25, 0.3) is 0 Å². The van der Waals surface area contributed by atoms with Crippen LogP contribution in [0.5, 0.6) is 0 Å². The highest BCUT2D eigenvalue weighted by atomic mass is 16.5. The van der Waals surface area contributed by atoms with Crippen molar-refractivity contribution in [1.29, 1.82) is 0 Å². The lowest BCUT2D eigenvalue weighted by molar-refractivity contribution is 0.127. The Morgan fingerprint density at radius 3 is 2.22 bits per heavy atom. The SMILES string of the molecule is CC.CCOCCCO. The Kier molecular flexibility index (Phi) is 20.3. The van der Waals surface area contributed by atoms with Gasteiger partial charge < -0.3 is 9.84 Å². The normalized spacial score (nSPS) is 8.00. The maximum Gasteiger partial charge on any atom is 0.0487 e. The smallest absolute Gasteiger partial charge is 0.0487 e. The van der Waals surface area contributed by atoms with Gasteiger partial charge in [-0.2, -0.15) is 0 Å². The summed E-state index contributed by atoms with van der Waals surface area (Å²) in [5.74, 6) is 0. The summed E-state index contributed by atoms with van der Waals surface area (Å²) in [5, 5.41) is 8.21. The summed E-state index contributed by atoms with van der Waals surface area (Å²) in [6, 6.07) is 0. The minimum Gasteiger partial charge on any atom is -0.396 e. The lowest BCUT2D eigenvalue weighted by atomic mass is 10.5. The lowest BCUT2D eigenvalue weighted by Crippen LogP contribution is -1.95. The Balaban J connectivity index is 0. The molecule has 0 fully saturated rings. The average Bonchev–Trinajstić information content (AvgIpc) is 1.94. The van der Waals surface area contributed by atoms with Crippen molar-refractivity contribution in [3.8, 4) is 0 Å². The van der Waals surface area contributed by atoms with Crippen LogP contribution in [0.3, 0.4) is 0 Å². The fourth-order valence-corrected chi connectivity index (χ4v) is 0.311. The third kappa shape index (κ3) is 18.1. The maximum atomic E-state index is 8.21. The van der Waals surface area contributed by atoms with Crippen LogP contribution < -0.4 is 0 Å². The quantitative estimate of drug-likeness (QED) is 0.589. The van der Waals surface area contributed by atoms with Gasteiger partial charge in [-0.3, -0.25) is 0 Å². The Labute approximate surface area is 57.8 Å². The molecule has 0 aromatic heterocycles. The molecule has 9 heavy (non-hydrogen) atoms. The van der Waals surface area contributed by atoms with E-state index in [0.717, 1.165) is 13.0 Å². The molecule has 0 saturated carbocycles. The minimum absolute atomic E-state index is 0.236. The Morgan fingerprint density at radius 1 is 1.33 bits per heavy atom. The van der Waals surface area contributed by atoms with E-state index in [0.29, 0.717) is 6.61 Å². The van der Waals surface area contributed by atoms with Crippen molar-refractivity contribution in [2.24, 2.45) is 0 Å². The lowest BCUT2D eigenvalue weighted by Gasteiger charge is -1.94. The van der Waals surface area contributed by atoms with Crippen LogP contribution in [0.4, 0.5) is 0 Å². The molecule has 0 heterocycles. The Morgan fingerprint density at radius 2 is 1.89 bits per heavy atom. The Bertz CT molecular complexity index is 26.1. The number of hydrogen-bond acceptors (Lipinski definition) is 2. The highest BCUT2D eigenvalue weighted by Crippen LogP contribution is 1.77. The molecule has 58 valence electrons. The molecule has 2 heteroatoms. The number of hydrogen-bond donors (Lipinski definition) is 1. The number of ether oxygens (including phenoxy) is 1. The second-order valence-electron chi connectivity index (χ2n) is 1.27. The van der Waals surface area contributed by atoms with E-state index in [4.69, 9.17) is 9.84 Å². The molecule has 0 aromatic carbocycles. The van der Waals surface area contributed by atoms with E-state index in [2.05, 4.69) is 0 Å². The monoisotopic (exact) mass is 134 g/mol. The summed E-state index contributed by atoms with van der Waals surface area (Å²) in [6.07, 6.45) is 0.758. The van der Waals surface area contributed by atoms with E-state index in [1.54, 1.807) is 0 Å². The molecule has 0 atom stereocenters. The van der Waals surface area contributed by atoms with Crippen molar-refractivity contribution in [2.75, 3.05) is 19.8 Å². The van der Waals surface area contributed by atoms with Gasteiger partial charge in [0.05, 0.1) is 0 Å². The molecule has 2 nitrogen and oxygen atoms in total. The zero-order chi connectivity index (χ0) is 7.54. The molecule has 0 aliphatic carbocycles. The fourth-order valence-electron chi connectivity index (χ4n) is 0.311. The molecule has 0 aliphatic rings. The first-order valence-corrected chi connectivity index (χ1v) is 3.60. The molecule has 0 radical (unpaired) electrons. The van der Waals surface area contributed by atoms with E-state index in [9.17, 15) is 0 Å². The van der Waals surface area contributed by atoms with Crippen LogP contribution in [-0.2, 0) is 4.74 Å². The molecule has 0 rings (SSSR count). The van der Waals surface area contributed by atoms with Gasteiger partial charge in [-0.05, 0) is 13.3 Å². The summed E-state index contributed by atoms with van der Waals surface area (Å²) < 4.78 is 4.91. The van der Waals surface area contributed by atoms with Crippen molar-refractivity contribution < 1.29 is 9.84 Å². The second kappa shape index (κ2) is 15.7. The molecule has 0 amide bonds. The van der Waals surface area contributed by atoms with Gasteiger partial charge in [0.1, 0.15) is 0 Å². The predicted molar refractivity (Wildman–Crippen MR) is 39.5 cm³/mol. The molecule has 0 unspecified atom stereocenters. The largest absolute Gasteiger partial charge is 0.396 e. The highest BCUT2D eigenvalue weighted by Gasteiger charge is 1.79. The van der Waals surface area contributed by atoms with Crippen molar-refractivity contribution >= 4 is 0 Å². The van der Waals surface area contributed by atoms with Gasteiger partial charge in [0.15, 0.2) is 0 Å². The van der Waals surface area contributed by atoms with Crippen molar-refractivity contribution in [3.63, 3.8) is 0 Å². The van der Waals surface area contributed by atoms with E-state index >= 15 is 0 Å². The molecule has 0 saturated heterocycles. The molecule has 0 bridgehead atoms. The van der Waals surface area contributed by atoms with Crippen LogP contribution in [0.1, 0.15) is 27.2 Å². The Hall–Kier alpha value is -0.0800. The first kappa shape index (κ1) is 11.7. The number of aliphatic hydroxyl groups is 1. The van der Waals surface area contributed by atoms with Gasteiger partial charge >= 0.3 is 0 Å². The molecular formula is C7H18O2. The number of aliphatic hydroxyl groups excluding tert-OH is 1. The summed E-state index contributed by atoms with van der Waals surface area (Å²) in [4.78, 5) is 0. The minimum atomic E-state index is 0.236. The van der Waals surface area contributed by atoms with Crippen LogP contribution in [-0.4, -0.2) is 24.9 Å². The first-order chi connectivity index (χ1) is 4.41. The first-order valence-electron chi connectivity index (χ1n) is 3.60. The summed E-state index contributed by atoms with van der Waals surface area (Å²) in [5.41, 5.74) is 0. The van der Waals surface area contributed by atoms with Crippen molar-refractivity contribution in [1.82, 2.24) is 0 Å². The zero-order valence-corrected chi connectivity index (χ0v) is 6.68. The van der Waals surface area contributed by atoms with Crippen molar-refractivity contribution in [3.05, 3.63) is 0 Å². The number of rotatable bonds is 4. The standard InChI is InChI=1S/C5H12O2.C2H6/c1-2-7-5-3-4-6;1-2/h6H,2-5H2,1H3;1-2H3. The molecular weight excluding hydrogens is 116 g/mol. The van der Waals surface area contributed by atoms with Crippen LogP contribution in [0, 0.1) is 0 Å². The van der Waals surface area contributed by atoms with E-state index in [1.165, 1.54) is 0 Å². The molecule has 0 aromatic rings. The van der Waals surface area contributed by atoms with Gasteiger partial charge in [-0.1, -0.05) is 13.8 Å². The molecule has 1 N–H and O–H groups in total. The van der Waals surface area contributed by atoms with Crippen LogP contribution >= 0.6 is 0 Å². The fraction of sp³-hybridized carbons (Fsp3) is 1.00. The average molecular weight is 134 g/mol. The summed E-state index contributed by atoms with van der Waals surface area (Å²) in [7, 11) is 0. The molecule has 0 aliphatic heterocycles. The second-order valence-corrected chi connectivity index (χ2v) is 1.27. The van der Waals surface area contributed by atoms with E-state index < -0.39 is 0 Å². The van der Waals surface area contributed by atoms with Crippen LogP contribution in [0.25, 0.3) is 0 Å². The van der Waals surface area contributed by atoms with Gasteiger partial charge in [-0.15, -0.1) is 0 Å². The van der Waals surface area contributed by atoms with E-state index in [-0.39, 0.29) is 6.61 Å². The van der Waals surface area contributed by atoms with Crippen molar-refractivity contribution in [2.45, 2.75) is 27.2 Å². The highest BCUT2D eigenvalue weighted by molar-refractivity contribution is 4.27.